The number of benzene rings is 1. The van der Waals surface area contributed by atoms with Crippen LogP contribution in [0, 0.1) is 17.0 Å². The van der Waals surface area contributed by atoms with Crippen molar-refractivity contribution in [3.8, 4) is 10.7 Å². The third kappa shape index (κ3) is 3.86. The standard InChI is InChI=1S/C17H14Cl2N8O2S/c1-9-15(27(28)29)14(24-25(9)2)16-21-22-17(30-16)20-13-6-7-26(23-13)8-10-11(18)4-3-5-12(10)19/h3-7H,8H2,1-2H3,(H,20,22,23). The second-order valence-electron chi connectivity index (χ2n) is 6.30. The van der Waals surface area contributed by atoms with Crippen molar-refractivity contribution in [1.82, 2.24) is 29.8 Å². The highest BCUT2D eigenvalue weighted by Crippen LogP contribution is 2.35. The van der Waals surface area contributed by atoms with Gasteiger partial charge in [-0.1, -0.05) is 40.6 Å². The molecule has 4 rings (SSSR count). The molecule has 13 heteroatoms. The van der Waals surface area contributed by atoms with Crippen molar-refractivity contribution in [3.63, 3.8) is 0 Å². The molecular weight excluding hydrogens is 451 g/mol. The molecule has 0 aliphatic carbocycles. The number of aryl methyl sites for hydroxylation is 1. The molecule has 0 spiro atoms. The van der Waals surface area contributed by atoms with Gasteiger partial charge in [0.15, 0.2) is 10.8 Å². The average molecular weight is 465 g/mol. The minimum Gasteiger partial charge on any atom is -0.313 e. The number of rotatable bonds is 6. The van der Waals surface area contributed by atoms with E-state index in [0.29, 0.717) is 38.2 Å². The smallest absolute Gasteiger partial charge is 0.313 e. The molecule has 0 unspecified atom stereocenters. The molecule has 0 bridgehead atoms. The lowest BCUT2D eigenvalue weighted by molar-refractivity contribution is -0.384. The second kappa shape index (κ2) is 8.01. The number of nitro groups is 1. The summed E-state index contributed by atoms with van der Waals surface area (Å²) < 4.78 is 3.13. The quantitative estimate of drug-likeness (QED) is 0.330. The summed E-state index contributed by atoms with van der Waals surface area (Å²) in [6.07, 6.45) is 1.77. The van der Waals surface area contributed by atoms with E-state index in [-0.39, 0.29) is 11.4 Å². The molecule has 3 heterocycles. The third-order valence-electron chi connectivity index (χ3n) is 4.37. The summed E-state index contributed by atoms with van der Waals surface area (Å²) in [5, 5.41) is 33.0. The van der Waals surface area contributed by atoms with Gasteiger partial charge in [-0.3, -0.25) is 19.5 Å². The Morgan fingerprint density at radius 1 is 1.20 bits per heavy atom. The Hall–Kier alpha value is -3.02. The Morgan fingerprint density at radius 3 is 2.63 bits per heavy atom. The number of nitrogens with one attached hydrogen (secondary N) is 1. The van der Waals surface area contributed by atoms with Crippen LogP contribution < -0.4 is 5.32 Å². The number of nitrogens with zero attached hydrogens (tertiary/aromatic N) is 7. The van der Waals surface area contributed by atoms with Crippen LogP contribution in [-0.2, 0) is 13.6 Å². The normalized spacial score (nSPS) is 11.1. The van der Waals surface area contributed by atoms with Crippen LogP contribution in [0.4, 0.5) is 16.6 Å². The highest BCUT2D eigenvalue weighted by molar-refractivity contribution is 7.18. The van der Waals surface area contributed by atoms with Gasteiger partial charge in [0.2, 0.25) is 10.8 Å². The van der Waals surface area contributed by atoms with E-state index in [2.05, 4.69) is 25.7 Å². The van der Waals surface area contributed by atoms with Crippen molar-refractivity contribution in [3.05, 3.63) is 61.9 Å². The van der Waals surface area contributed by atoms with E-state index in [4.69, 9.17) is 23.2 Å². The summed E-state index contributed by atoms with van der Waals surface area (Å²) in [6.45, 7) is 2.04. The van der Waals surface area contributed by atoms with E-state index in [0.717, 1.165) is 16.9 Å². The fraction of sp³-hybridized carbons (Fsp3) is 0.176. The number of anilines is 2. The maximum absolute atomic E-state index is 11.4. The average Bonchev–Trinajstić information content (AvgIpc) is 3.39. The van der Waals surface area contributed by atoms with Gasteiger partial charge in [-0.15, -0.1) is 10.2 Å². The van der Waals surface area contributed by atoms with Crippen LogP contribution in [0.2, 0.25) is 10.0 Å². The Balaban J connectivity index is 1.53. The van der Waals surface area contributed by atoms with E-state index in [1.807, 2.05) is 0 Å². The van der Waals surface area contributed by atoms with Gasteiger partial charge in [-0.2, -0.15) is 10.2 Å². The van der Waals surface area contributed by atoms with E-state index in [9.17, 15) is 10.1 Å². The SMILES string of the molecule is Cc1c([N+](=O)[O-])c(-c2nnc(Nc3ccn(Cc4c(Cl)cccc4Cl)n3)s2)nn1C. The molecule has 0 amide bonds. The fourth-order valence-corrected chi connectivity index (χ4v) is 4.05. The molecule has 0 saturated heterocycles. The molecule has 0 fully saturated rings. The Labute approximate surface area is 184 Å². The molecule has 0 aliphatic rings. The minimum atomic E-state index is -0.465. The van der Waals surface area contributed by atoms with Gasteiger partial charge in [-0.05, 0) is 19.1 Å². The molecule has 30 heavy (non-hydrogen) atoms. The molecule has 0 radical (unpaired) electrons. The van der Waals surface area contributed by atoms with Crippen LogP contribution in [-0.4, -0.2) is 34.7 Å². The molecule has 0 saturated carbocycles. The van der Waals surface area contributed by atoms with Gasteiger partial charge in [0.05, 0.1) is 11.5 Å². The van der Waals surface area contributed by atoms with E-state index in [1.165, 1.54) is 4.68 Å². The van der Waals surface area contributed by atoms with Crippen LogP contribution >= 0.6 is 34.5 Å². The summed E-state index contributed by atoms with van der Waals surface area (Å²) in [5.41, 5.74) is 1.31. The van der Waals surface area contributed by atoms with Gasteiger partial charge in [0, 0.05) is 34.9 Å². The maximum Gasteiger partial charge on any atom is 0.320 e. The topological polar surface area (TPSA) is 117 Å². The molecule has 1 N–H and O–H groups in total. The molecule has 154 valence electrons. The first-order chi connectivity index (χ1) is 14.3. The van der Waals surface area contributed by atoms with Gasteiger partial charge in [0.1, 0.15) is 5.69 Å². The number of hydrogen-bond acceptors (Lipinski definition) is 8. The lowest BCUT2D eigenvalue weighted by Crippen LogP contribution is -2.02. The van der Waals surface area contributed by atoms with Gasteiger partial charge >= 0.3 is 5.69 Å². The molecule has 1 aromatic carbocycles. The zero-order valence-electron chi connectivity index (χ0n) is 15.7. The largest absolute Gasteiger partial charge is 0.320 e. The van der Waals surface area contributed by atoms with Crippen LogP contribution in [0.5, 0.6) is 0 Å². The van der Waals surface area contributed by atoms with Crippen molar-refractivity contribution in [2.75, 3.05) is 5.32 Å². The monoisotopic (exact) mass is 464 g/mol. The Morgan fingerprint density at radius 2 is 1.93 bits per heavy atom. The molecule has 4 aromatic rings. The highest BCUT2D eigenvalue weighted by atomic mass is 35.5. The number of hydrogen-bond donors (Lipinski definition) is 1. The minimum absolute atomic E-state index is 0.0823. The summed E-state index contributed by atoms with van der Waals surface area (Å²) >= 11 is 13.6. The van der Waals surface area contributed by atoms with Crippen LogP contribution in [0.25, 0.3) is 10.7 Å². The van der Waals surface area contributed by atoms with Gasteiger partial charge in [-0.25, -0.2) is 0 Å². The van der Waals surface area contributed by atoms with E-state index in [1.54, 1.807) is 49.1 Å². The first-order valence-corrected chi connectivity index (χ1v) is 10.2. The molecule has 0 atom stereocenters. The van der Waals surface area contributed by atoms with Crippen LogP contribution in [0.1, 0.15) is 11.3 Å². The predicted octanol–water partition coefficient (Wildman–Crippen LogP) is 4.45. The Kier molecular flexibility index (Phi) is 5.41. The van der Waals surface area contributed by atoms with Crippen LogP contribution in [0.3, 0.4) is 0 Å². The second-order valence-corrected chi connectivity index (χ2v) is 8.09. The van der Waals surface area contributed by atoms with E-state index < -0.39 is 4.92 Å². The molecular formula is C17H14Cl2N8O2S. The first kappa shape index (κ1) is 20.3. The Bertz CT molecular complexity index is 1230. The third-order valence-corrected chi connectivity index (χ3v) is 5.92. The summed E-state index contributed by atoms with van der Waals surface area (Å²) in [5.74, 6) is 0.535. The van der Waals surface area contributed by atoms with Gasteiger partial charge < -0.3 is 5.32 Å². The zero-order valence-corrected chi connectivity index (χ0v) is 18.0. The van der Waals surface area contributed by atoms with Crippen LogP contribution in [0.15, 0.2) is 30.5 Å². The van der Waals surface area contributed by atoms with E-state index >= 15 is 0 Å². The molecule has 10 nitrogen and oxygen atoms in total. The van der Waals surface area contributed by atoms with Crippen molar-refractivity contribution < 1.29 is 4.92 Å². The number of halogens is 2. The van der Waals surface area contributed by atoms with Gasteiger partial charge in [0.25, 0.3) is 0 Å². The molecule has 3 aromatic heterocycles. The van der Waals surface area contributed by atoms with Crippen molar-refractivity contribution >= 4 is 51.2 Å². The zero-order chi connectivity index (χ0) is 21.4. The molecule has 0 aliphatic heterocycles. The first-order valence-electron chi connectivity index (χ1n) is 8.58. The summed E-state index contributed by atoms with van der Waals surface area (Å²) in [4.78, 5) is 10.9. The summed E-state index contributed by atoms with van der Waals surface area (Å²) in [6, 6.07) is 7.09. The lowest BCUT2D eigenvalue weighted by atomic mass is 10.2. The predicted molar refractivity (Wildman–Crippen MR) is 115 cm³/mol. The number of aromatic nitrogens is 6. The maximum atomic E-state index is 11.4. The lowest BCUT2D eigenvalue weighted by Gasteiger charge is -2.06. The van der Waals surface area contributed by atoms with Crippen molar-refractivity contribution in [1.29, 1.82) is 0 Å². The van der Waals surface area contributed by atoms with Crippen molar-refractivity contribution in [2.24, 2.45) is 7.05 Å². The fourth-order valence-electron chi connectivity index (χ4n) is 2.80. The van der Waals surface area contributed by atoms with Crippen molar-refractivity contribution in [2.45, 2.75) is 13.5 Å². The highest BCUT2D eigenvalue weighted by Gasteiger charge is 2.27. The summed E-state index contributed by atoms with van der Waals surface area (Å²) in [7, 11) is 1.64.